The lowest BCUT2D eigenvalue weighted by Crippen LogP contribution is -2.26. The van der Waals surface area contributed by atoms with E-state index in [4.69, 9.17) is 4.74 Å². The molecule has 0 saturated carbocycles. The lowest BCUT2D eigenvalue weighted by Gasteiger charge is -2.07. The molecule has 0 aliphatic carbocycles. The summed E-state index contributed by atoms with van der Waals surface area (Å²) < 4.78 is 9.01. The molecule has 2 rings (SSSR count). The third-order valence-corrected chi connectivity index (χ3v) is 2.27. The second kappa shape index (κ2) is 8.21. The zero-order valence-electron chi connectivity index (χ0n) is 11.1. The molecule has 0 bridgehead atoms. The first kappa shape index (κ1) is 16.0. The van der Waals surface area contributed by atoms with E-state index in [0.717, 1.165) is 0 Å². The Morgan fingerprint density at radius 3 is 1.95 bits per heavy atom. The smallest absolute Gasteiger partial charge is 0.257 e. The van der Waals surface area contributed by atoms with E-state index in [1.807, 2.05) is 0 Å². The Morgan fingerprint density at radius 2 is 1.48 bits per heavy atom. The largest absolute Gasteiger partial charge is 0.545 e. The van der Waals surface area contributed by atoms with E-state index in [2.05, 4.69) is 4.74 Å². The molecule has 0 saturated heterocycles. The van der Waals surface area contributed by atoms with Crippen LogP contribution in [0.1, 0.15) is 10.4 Å². The third-order valence-electron chi connectivity index (χ3n) is 2.27. The number of methoxy groups -OCH3 is 1. The van der Waals surface area contributed by atoms with E-state index in [9.17, 15) is 19.8 Å². The summed E-state index contributed by atoms with van der Waals surface area (Å²) in [5.41, 5.74) is 0.0787. The molecule has 0 aliphatic rings. The minimum Gasteiger partial charge on any atom is -0.545 e. The van der Waals surface area contributed by atoms with Crippen LogP contribution >= 0.6 is 0 Å². The highest BCUT2D eigenvalue weighted by molar-refractivity contribution is 5.89. The quantitative estimate of drug-likeness (QED) is 0.601. The summed E-state index contributed by atoms with van der Waals surface area (Å²) in [7, 11) is 1.42. The van der Waals surface area contributed by atoms with Gasteiger partial charge in [-0.25, -0.2) is 0 Å². The monoisotopic (exact) mass is 288 g/mol. The number of carbonyl (C=O) groups is 2. The summed E-state index contributed by atoms with van der Waals surface area (Å²) in [4.78, 5) is 20.2. The van der Waals surface area contributed by atoms with Crippen molar-refractivity contribution < 1.29 is 29.3 Å². The Hall–Kier alpha value is -3.02. The molecule has 0 atom stereocenters. The number of hydrogen-bond acceptors (Lipinski definition) is 6. The lowest BCUT2D eigenvalue weighted by atomic mass is 10.2. The van der Waals surface area contributed by atoms with Crippen molar-refractivity contribution >= 4 is 12.1 Å². The molecule has 0 radical (unpaired) electrons. The molecule has 0 heterocycles. The second-order valence-corrected chi connectivity index (χ2v) is 3.65. The number of para-hydroxylation sites is 2. The fraction of sp³-hybridized carbons (Fsp3) is 0.0667. The van der Waals surface area contributed by atoms with Crippen LogP contribution in [0.15, 0.2) is 54.6 Å². The number of carboxylic acid groups (broad SMARTS) is 2. The summed E-state index contributed by atoms with van der Waals surface area (Å²) in [6, 6.07) is 14.5. The number of rotatable bonds is 3. The van der Waals surface area contributed by atoms with Crippen LogP contribution < -0.4 is 19.7 Å². The average Bonchev–Trinajstić information content (AvgIpc) is 2.48. The SMILES string of the molecule is COc1ccccc1C(=O)[O-].O=C([O-])Oc1ccccc1. The van der Waals surface area contributed by atoms with Crippen LogP contribution in [-0.2, 0) is 0 Å². The van der Waals surface area contributed by atoms with Gasteiger partial charge in [0.05, 0.1) is 18.8 Å². The molecule has 2 aromatic rings. The Balaban J connectivity index is 0.000000211. The fourth-order valence-corrected chi connectivity index (χ4v) is 1.40. The molecule has 110 valence electrons. The van der Waals surface area contributed by atoms with E-state index in [0.29, 0.717) is 5.75 Å². The normalized spacial score (nSPS) is 9.00. The molecule has 0 spiro atoms. The van der Waals surface area contributed by atoms with Gasteiger partial charge < -0.3 is 29.3 Å². The van der Waals surface area contributed by atoms with E-state index in [-0.39, 0.29) is 11.3 Å². The van der Waals surface area contributed by atoms with Gasteiger partial charge in [0, 0.05) is 5.56 Å². The molecular weight excluding hydrogens is 276 g/mol. The zero-order chi connectivity index (χ0) is 15.7. The minimum absolute atomic E-state index is 0.0787. The van der Waals surface area contributed by atoms with Crippen molar-refractivity contribution in [2.45, 2.75) is 0 Å². The van der Waals surface area contributed by atoms with Gasteiger partial charge in [0.2, 0.25) is 0 Å². The summed E-state index contributed by atoms with van der Waals surface area (Å²) >= 11 is 0. The average molecular weight is 288 g/mol. The highest BCUT2D eigenvalue weighted by Gasteiger charge is 1.99. The molecule has 21 heavy (non-hydrogen) atoms. The van der Waals surface area contributed by atoms with E-state index >= 15 is 0 Å². The fourth-order valence-electron chi connectivity index (χ4n) is 1.40. The van der Waals surface area contributed by atoms with Crippen LogP contribution in [0, 0.1) is 0 Å². The topological polar surface area (TPSA) is 98.7 Å². The molecule has 2 aromatic carbocycles. The van der Waals surface area contributed by atoms with Gasteiger partial charge in [0.1, 0.15) is 5.75 Å². The predicted molar refractivity (Wildman–Crippen MR) is 69.8 cm³/mol. The number of aromatic carboxylic acids is 1. The molecule has 0 N–H and O–H groups in total. The Morgan fingerprint density at radius 1 is 0.905 bits per heavy atom. The Kier molecular flexibility index (Phi) is 6.27. The van der Waals surface area contributed by atoms with Crippen molar-refractivity contribution in [2.24, 2.45) is 0 Å². The van der Waals surface area contributed by atoms with Crippen molar-refractivity contribution in [3.8, 4) is 11.5 Å². The van der Waals surface area contributed by atoms with E-state index in [1.165, 1.54) is 25.3 Å². The maximum absolute atomic E-state index is 10.4. The molecule has 6 heteroatoms. The first-order chi connectivity index (χ1) is 10.0. The number of carboxylic acids is 1. The highest BCUT2D eigenvalue weighted by Crippen LogP contribution is 2.15. The molecule has 0 unspecified atom stereocenters. The van der Waals surface area contributed by atoms with Gasteiger partial charge in [-0.1, -0.05) is 30.3 Å². The van der Waals surface area contributed by atoms with Crippen molar-refractivity contribution in [1.29, 1.82) is 0 Å². The predicted octanol–water partition coefficient (Wildman–Crippen LogP) is 0.467. The second-order valence-electron chi connectivity index (χ2n) is 3.65. The van der Waals surface area contributed by atoms with Crippen LogP contribution in [-0.4, -0.2) is 19.2 Å². The summed E-state index contributed by atoms with van der Waals surface area (Å²) in [6.45, 7) is 0. The van der Waals surface area contributed by atoms with Crippen LogP contribution in [0.25, 0.3) is 0 Å². The Bertz CT molecular complexity index is 594. The molecule has 0 aliphatic heterocycles. The molecule has 0 fully saturated rings. The van der Waals surface area contributed by atoms with Crippen molar-refractivity contribution in [2.75, 3.05) is 7.11 Å². The van der Waals surface area contributed by atoms with Crippen molar-refractivity contribution in [3.63, 3.8) is 0 Å². The maximum atomic E-state index is 10.4. The standard InChI is InChI=1S/C8H8O3.C7H6O3/c1-11-7-5-3-2-4-6(7)8(9)10;8-7(9)10-6-4-2-1-3-5-6/h2-5H,1H3,(H,9,10);1-5H,(H,8,9)/p-2. The maximum Gasteiger partial charge on any atom is 0.257 e. The summed E-state index contributed by atoms with van der Waals surface area (Å²) in [5, 5.41) is 20.2. The van der Waals surface area contributed by atoms with E-state index < -0.39 is 12.1 Å². The van der Waals surface area contributed by atoms with Crippen LogP contribution in [0.5, 0.6) is 11.5 Å². The van der Waals surface area contributed by atoms with E-state index in [1.54, 1.807) is 36.4 Å². The first-order valence-electron chi connectivity index (χ1n) is 5.83. The van der Waals surface area contributed by atoms with Gasteiger partial charge in [-0.05, 0) is 24.3 Å². The van der Waals surface area contributed by atoms with Gasteiger partial charge in [0.25, 0.3) is 6.16 Å². The number of benzene rings is 2. The summed E-state index contributed by atoms with van der Waals surface area (Å²) in [6.07, 6.45) is -1.54. The minimum atomic E-state index is -1.54. The number of carbonyl (C=O) groups excluding carboxylic acids is 2. The van der Waals surface area contributed by atoms with Gasteiger partial charge >= 0.3 is 0 Å². The van der Waals surface area contributed by atoms with Gasteiger partial charge in [-0.2, -0.15) is 0 Å². The lowest BCUT2D eigenvalue weighted by molar-refractivity contribution is -0.271. The number of ether oxygens (including phenoxy) is 2. The summed E-state index contributed by atoms with van der Waals surface area (Å²) in [5.74, 6) is -0.613. The third kappa shape index (κ3) is 5.65. The van der Waals surface area contributed by atoms with Crippen LogP contribution in [0.4, 0.5) is 4.79 Å². The van der Waals surface area contributed by atoms with Crippen molar-refractivity contribution in [1.82, 2.24) is 0 Å². The van der Waals surface area contributed by atoms with Crippen LogP contribution in [0.2, 0.25) is 0 Å². The molecular formula is C15H12O6-2. The zero-order valence-corrected chi connectivity index (χ0v) is 11.1. The van der Waals surface area contributed by atoms with Crippen LogP contribution in [0.3, 0.4) is 0 Å². The molecule has 0 aromatic heterocycles. The van der Waals surface area contributed by atoms with Gasteiger partial charge in [0.15, 0.2) is 0 Å². The van der Waals surface area contributed by atoms with Crippen molar-refractivity contribution in [3.05, 3.63) is 60.2 Å². The first-order valence-corrected chi connectivity index (χ1v) is 5.83. The highest BCUT2D eigenvalue weighted by atomic mass is 16.7. The molecule has 0 amide bonds. The van der Waals surface area contributed by atoms with Gasteiger partial charge in [-0.15, -0.1) is 0 Å². The number of hydrogen-bond donors (Lipinski definition) is 0. The molecule has 6 nitrogen and oxygen atoms in total. The van der Waals surface area contributed by atoms with Gasteiger partial charge in [-0.3, -0.25) is 0 Å². The Labute approximate surface area is 121 Å².